The predicted octanol–water partition coefficient (Wildman–Crippen LogP) is 0.954. The van der Waals surface area contributed by atoms with Crippen molar-refractivity contribution in [3.63, 3.8) is 0 Å². The Kier molecular flexibility index (Phi) is 7.12. The Labute approximate surface area is 158 Å². The fourth-order valence-electron chi connectivity index (χ4n) is 3.23. The van der Waals surface area contributed by atoms with E-state index >= 15 is 0 Å². The van der Waals surface area contributed by atoms with E-state index in [0.29, 0.717) is 19.3 Å². The highest BCUT2D eigenvalue weighted by Gasteiger charge is 2.44. The number of carbonyl (C=O) groups is 2. The molecule has 7 nitrogen and oxygen atoms in total. The second-order valence-corrected chi connectivity index (χ2v) is 6.86. The van der Waals surface area contributed by atoms with Crippen molar-refractivity contribution in [3.8, 4) is 0 Å². The molecule has 2 rings (SSSR count). The van der Waals surface area contributed by atoms with Crippen LogP contribution in [0.1, 0.15) is 26.2 Å². The monoisotopic (exact) mass is 378 g/mol. The lowest BCUT2D eigenvalue weighted by Crippen LogP contribution is -2.35. The SMILES string of the molecule is C=C1C(=O)O[C@@H]2/C=C(/CO)CC/C=C(\C)C[C@H](OC(=O)C(=C)[C@H](O)CO)[C@@H]12. The number of aliphatic hydroxyl groups excluding tert-OH is 3. The van der Waals surface area contributed by atoms with E-state index in [1.165, 1.54) is 0 Å². The van der Waals surface area contributed by atoms with Gasteiger partial charge < -0.3 is 24.8 Å². The average Bonchev–Trinajstić information content (AvgIpc) is 2.92. The number of carbonyl (C=O) groups excluding carboxylic acids is 2. The molecule has 0 radical (unpaired) electrons. The van der Waals surface area contributed by atoms with Gasteiger partial charge in [0.25, 0.3) is 0 Å². The first-order valence-corrected chi connectivity index (χ1v) is 8.83. The van der Waals surface area contributed by atoms with Gasteiger partial charge in [-0.1, -0.05) is 24.8 Å². The molecule has 0 aromatic heterocycles. The highest BCUT2D eigenvalue weighted by molar-refractivity contribution is 5.92. The Balaban J connectivity index is 2.36. The van der Waals surface area contributed by atoms with Crippen LogP contribution in [0.4, 0.5) is 0 Å². The zero-order chi connectivity index (χ0) is 20.1. The second-order valence-electron chi connectivity index (χ2n) is 6.86. The summed E-state index contributed by atoms with van der Waals surface area (Å²) < 4.78 is 10.9. The van der Waals surface area contributed by atoms with E-state index < -0.39 is 42.8 Å². The van der Waals surface area contributed by atoms with E-state index in [-0.39, 0.29) is 17.8 Å². The van der Waals surface area contributed by atoms with Crippen molar-refractivity contribution in [2.75, 3.05) is 13.2 Å². The molecule has 0 spiro atoms. The third kappa shape index (κ3) is 4.94. The number of hydrogen-bond acceptors (Lipinski definition) is 7. The molecule has 0 unspecified atom stereocenters. The minimum atomic E-state index is -1.42. The summed E-state index contributed by atoms with van der Waals surface area (Å²) in [5.41, 5.74) is 1.60. The Morgan fingerprint density at radius 1 is 1.44 bits per heavy atom. The van der Waals surface area contributed by atoms with E-state index in [1.807, 2.05) is 13.0 Å². The summed E-state index contributed by atoms with van der Waals surface area (Å²) in [7, 11) is 0. The fraction of sp³-hybridized carbons (Fsp3) is 0.500. The molecule has 27 heavy (non-hydrogen) atoms. The molecule has 1 aliphatic carbocycles. The minimum Gasteiger partial charge on any atom is -0.458 e. The van der Waals surface area contributed by atoms with E-state index in [1.54, 1.807) is 6.08 Å². The van der Waals surface area contributed by atoms with Gasteiger partial charge in [-0.2, -0.15) is 0 Å². The molecule has 1 heterocycles. The van der Waals surface area contributed by atoms with Crippen molar-refractivity contribution >= 4 is 11.9 Å². The van der Waals surface area contributed by atoms with Crippen LogP contribution in [0.15, 0.2) is 47.6 Å². The van der Waals surface area contributed by atoms with E-state index in [0.717, 1.165) is 11.1 Å². The maximum absolute atomic E-state index is 12.3. The predicted molar refractivity (Wildman–Crippen MR) is 97.4 cm³/mol. The molecule has 0 aromatic carbocycles. The zero-order valence-electron chi connectivity index (χ0n) is 15.4. The Morgan fingerprint density at radius 3 is 2.78 bits per heavy atom. The first-order valence-electron chi connectivity index (χ1n) is 8.83. The molecule has 148 valence electrons. The van der Waals surface area contributed by atoms with Gasteiger partial charge in [-0.05, 0) is 31.4 Å². The summed E-state index contributed by atoms with van der Waals surface area (Å²) in [6, 6.07) is 0. The summed E-state index contributed by atoms with van der Waals surface area (Å²) in [5.74, 6) is -2.05. The first kappa shape index (κ1) is 21.1. The minimum absolute atomic E-state index is 0.163. The summed E-state index contributed by atoms with van der Waals surface area (Å²) in [4.78, 5) is 24.4. The van der Waals surface area contributed by atoms with Gasteiger partial charge in [-0.25, -0.2) is 9.59 Å². The third-order valence-corrected chi connectivity index (χ3v) is 4.84. The summed E-state index contributed by atoms with van der Waals surface area (Å²) in [6.45, 7) is 8.32. The Morgan fingerprint density at radius 2 is 2.15 bits per heavy atom. The van der Waals surface area contributed by atoms with Gasteiger partial charge in [0.05, 0.1) is 24.7 Å². The number of hydrogen-bond donors (Lipinski definition) is 3. The van der Waals surface area contributed by atoms with Gasteiger partial charge >= 0.3 is 11.9 Å². The molecule has 1 saturated heterocycles. The average molecular weight is 378 g/mol. The molecular formula is C20H26O7. The number of esters is 2. The first-order chi connectivity index (χ1) is 12.8. The fourth-order valence-corrected chi connectivity index (χ4v) is 3.23. The van der Waals surface area contributed by atoms with Crippen LogP contribution in [0.2, 0.25) is 0 Å². The van der Waals surface area contributed by atoms with E-state index in [2.05, 4.69) is 13.2 Å². The van der Waals surface area contributed by atoms with Gasteiger partial charge in [-0.15, -0.1) is 0 Å². The smallest absolute Gasteiger partial charge is 0.336 e. The molecule has 4 atom stereocenters. The molecule has 0 aromatic rings. The Bertz CT molecular complexity index is 688. The molecule has 0 bridgehead atoms. The number of allylic oxidation sites excluding steroid dienone is 1. The zero-order valence-corrected chi connectivity index (χ0v) is 15.4. The summed E-state index contributed by atoms with van der Waals surface area (Å²) >= 11 is 0. The van der Waals surface area contributed by atoms with Gasteiger partial charge in [0.15, 0.2) is 0 Å². The largest absolute Gasteiger partial charge is 0.458 e. The Hall–Kier alpha value is -2.22. The van der Waals surface area contributed by atoms with Crippen LogP contribution in [0.5, 0.6) is 0 Å². The topological polar surface area (TPSA) is 113 Å². The lowest BCUT2D eigenvalue weighted by Gasteiger charge is -2.28. The summed E-state index contributed by atoms with van der Waals surface area (Å²) in [6.07, 6.45) is 2.46. The van der Waals surface area contributed by atoms with Crippen LogP contribution in [-0.2, 0) is 19.1 Å². The standard InChI is InChI=1S/C20H26O7/c1-11-5-4-6-14(9-21)8-17-18(13(3)20(25)27-17)16(7-11)26-19(24)12(2)15(23)10-22/h5,8,15-18,21-23H,2-4,6-7,9-10H2,1H3/b11-5+,14-8+/t15-,16+,17-,18-/m1/s1. The highest BCUT2D eigenvalue weighted by Crippen LogP contribution is 2.36. The van der Waals surface area contributed by atoms with Gasteiger partial charge in [0.1, 0.15) is 18.3 Å². The van der Waals surface area contributed by atoms with Gasteiger partial charge in [-0.3, -0.25) is 0 Å². The van der Waals surface area contributed by atoms with E-state index in [4.69, 9.17) is 14.6 Å². The quantitative estimate of drug-likeness (QED) is 0.371. The van der Waals surface area contributed by atoms with Crippen molar-refractivity contribution < 1.29 is 34.4 Å². The van der Waals surface area contributed by atoms with Crippen LogP contribution in [-0.4, -0.2) is 58.8 Å². The molecular weight excluding hydrogens is 352 g/mol. The van der Waals surface area contributed by atoms with Crippen LogP contribution in [0, 0.1) is 5.92 Å². The van der Waals surface area contributed by atoms with Crippen molar-refractivity contribution in [1.29, 1.82) is 0 Å². The molecule has 1 aliphatic heterocycles. The van der Waals surface area contributed by atoms with Crippen molar-refractivity contribution in [2.24, 2.45) is 5.92 Å². The lowest BCUT2D eigenvalue weighted by molar-refractivity contribution is -0.148. The third-order valence-electron chi connectivity index (χ3n) is 4.84. The normalized spacial score (nSPS) is 30.9. The van der Waals surface area contributed by atoms with Crippen molar-refractivity contribution in [2.45, 2.75) is 44.5 Å². The molecule has 0 amide bonds. The molecule has 1 fully saturated rings. The maximum atomic E-state index is 12.3. The van der Waals surface area contributed by atoms with Crippen molar-refractivity contribution in [1.82, 2.24) is 0 Å². The van der Waals surface area contributed by atoms with Crippen LogP contribution in [0.25, 0.3) is 0 Å². The number of fused-ring (bicyclic) bond motifs is 1. The van der Waals surface area contributed by atoms with Gasteiger partial charge in [0, 0.05) is 12.0 Å². The molecule has 2 aliphatic rings. The second kappa shape index (κ2) is 9.12. The molecule has 7 heteroatoms. The molecule has 3 N–H and O–H groups in total. The van der Waals surface area contributed by atoms with Crippen LogP contribution in [0.3, 0.4) is 0 Å². The highest BCUT2D eigenvalue weighted by atomic mass is 16.6. The van der Waals surface area contributed by atoms with Crippen LogP contribution < -0.4 is 0 Å². The number of rotatable bonds is 5. The van der Waals surface area contributed by atoms with E-state index in [9.17, 15) is 19.8 Å². The maximum Gasteiger partial charge on any atom is 0.336 e. The molecule has 0 saturated carbocycles. The van der Waals surface area contributed by atoms with Crippen LogP contribution >= 0.6 is 0 Å². The number of ether oxygens (including phenoxy) is 2. The van der Waals surface area contributed by atoms with Gasteiger partial charge in [0.2, 0.25) is 0 Å². The lowest BCUT2D eigenvalue weighted by atomic mass is 9.85. The van der Waals surface area contributed by atoms with Crippen molar-refractivity contribution in [3.05, 3.63) is 47.6 Å². The number of aliphatic hydroxyl groups is 3. The summed E-state index contributed by atoms with van der Waals surface area (Å²) in [5, 5.41) is 28.2.